The van der Waals surface area contributed by atoms with Crippen molar-refractivity contribution in [2.75, 3.05) is 25.0 Å². The normalized spacial score (nSPS) is 10.6. The Kier molecular flexibility index (Phi) is 10.6. The van der Waals surface area contributed by atoms with E-state index in [9.17, 15) is 4.79 Å². The summed E-state index contributed by atoms with van der Waals surface area (Å²) in [5, 5.41) is 9.82. The Bertz CT molecular complexity index is 712. The fourth-order valence-corrected chi connectivity index (χ4v) is 2.38. The number of carbonyl (C=O) groups is 1. The van der Waals surface area contributed by atoms with E-state index < -0.39 is 0 Å². The van der Waals surface area contributed by atoms with Crippen LogP contribution in [0.5, 0.6) is 0 Å². The fraction of sp³-hybridized carbons (Fsp3) is 0.278. The van der Waals surface area contributed by atoms with Crippen LogP contribution >= 0.6 is 35.6 Å². The van der Waals surface area contributed by atoms with Gasteiger partial charge in [0.15, 0.2) is 5.96 Å². The van der Waals surface area contributed by atoms with E-state index in [-0.39, 0.29) is 36.4 Å². The molecule has 2 aromatic rings. The molecular weight excluding hydrogens is 465 g/mol. The van der Waals surface area contributed by atoms with Crippen LogP contribution in [0.4, 0.5) is 5.69 Å². The molecule has 1 aromatic heterocycles. The van der Waals surface area contributed by atoms with Gasteiger partial charge >= 0.3 is 0 Å². The second kappa shape index (κ2) is 12.5. The third-order valence-corrected chi connectivity index (χ3v) is 3.68. The summed E-state index contributed by atoms with van der Waals surface area (Å²) in [6.07, 6.45) is 4.01. The van der Waals surface area contributed by atoms with E-state index in [1.807, 2.05) is 31.2 Å². The van der Waals surface area contributed by atoms with Crippen LogP contribution in [-0.2, 0) is 11.2 Å². The van der Waals surface area contributed by atoms with Crippen molar-refractivity contribution in [3.8, 4) is 0 Å². The molecular formula is C18H23ClIN5O. The Morgan fingerprint density at radius 2 is 2.00 bits per heavy atom. The average molecular weight is 488 g/mol. The Morgan fingerprint density at radius 1 is 1.19 bits per heavy atom. The summed E-state index contributed by atoms with van der Waals surface area (Å²) < 4.78 is 0. The molecule has 0 saturated heterocycles. The molecule has 0 atom stereocenters. The van der Waals surface area contributed by atoms with E-state index in [4.69, 9.17) is 11.6 Å². The number of aromatic nitrogens is 1. The van der Waals surface area contributed by atoms with Crippen molar-refractivity contribution in [3.63, 3.8) is 0 Å². The number of guanidine groups is 1. The highest BCUT2D eigenvalue weighted by Gasteiger charge is 2.04. The SMILES string of the molecule is CCNC(=NCC(=O)Nc1cccnc1)NCCc1ccccc1Cl.I. The number of halogens is 2. The number of hydrogen-bond donors (Lipinski definition) is 3. The molecule has 0 aliphatic rings. The van der Waals surface area contributed by atoms with Gasteiger partial charge in [-0.25, -0.2) is 4.99 Å². The lowest BCUT2D eigenvalue weighted by atomic mass is 10.1. The Hall–Kier alpha value is -1.87. The maximum absolute atomic E-state index is 11.9. The van der Waals surface area contributed by atoms with Crippen molar-refractivity contribution >= 4 is 53.1 Å². The van der Waals surface area contributed by atoms with Gasteiger partial charge in [0.1, 0.15) is 6.54 Å². The minimum absolute atomic E-state index is 0. The summed E-state index contributed by atoms with van der Waals surface area (Å²) in [5.74, 6) is 0.396. The first kappa shape index (κ1) is 22.2. The predicted octanol–water partition coefficient (Wildman–Crippen LogP) is 3.09. The summed E-state index contributed by atoms with van der Waals surface area (Å²) in [7, 11) is 0. The lowest BCUT2D eigenvalue weighted by Gasteiger charge is -2.12. The molecule has 0 aliphatic carbocycles. The summed E-state index contributed by atoms with van der Waals surface area (Å²) >= 11 is 6.15. The second-order valence-electron chi connectivity index (χ2n) is 5.25. The number of aliphatic imine (C=N–C) groups is 1. The van der Waals surface area contributed by atoms with Gasteiger partial charge in [-0.3, -0.25) is 9.78 Å². The zero-order valence-corrected chi connectivity index (χ0v) is 17.6. The Morgan fingerprint density at radius 3 is 2.69 bits per heavy atom. The quantitative estimate of drug-likeness (QED) is 0.319. The Balaban J connectivity index is 0.00000338. The van der Waals surface area contributed by atoms with Crippen molar-refractivity contribution in [1.29, 1.82) is 0 Å². The lowest BCUT2D eigenvalue weighted by molar-refractivity contribution is -0.114. The van der Waals surface area contributed by atoms with Gasteiger partial charge in [0.25, 0.3) is 0 Å². The molecule has 0 spiro atoms. The van der Waals surface area contributed by atoms with E-state index in [2.05, 4.69) is 25.9 Å². The van der Waals surface area contributed by atoms with Gasteiger partial charge in [0.05, 0.1) is 11.9 Å². The van der Waals surface area contributed by atoms with Crippen LogP contribution in [0.25, 0.3) is 0 Å². The molecule has 0 bridgehead atoms. The summed E-state index contributed by atoms with van der Waals surface area (Å²) in [6.45, 7) is 3.37. The molecule has 1 amide bonds. The van der Waals surface area contributed by atoms with E-state index in [1.165, 1.54) is 0 Å². The molecule has 0 radical (unpaired) electrons. The Labute approximate surface area is 175 Å². The van der Waals surface area contributed by atoms with Crippen molar-refractivity contribution in [2.24, 2.45) is 4.99 Å². The van der Waals surface area contributed by atoms with Gasteiger partial charge in [-0.05, 0) is 37.1 Å². The third kappa shape index (κ3) is 8.01. The third-order valence-electron chi connectivity index (χ3n) is 3.31. The number of nitrogens with zero attached hydrogens (tertiary/aromatic N) is 2. The molecule has 26 heavy (non-hydrogen) atoms. The minimum Gasteiger partial charge on any atom is -0.357 e. The van der Waals surface area contributed by atoms with Gasteiger partial charge in [-0.1, -0.05) is 29.8 Å². The van der Waals surface area contributed by atoms with Crippen LogP contribution in [0.3, 0.4) is 0 Å². The number of pyridine rings is 1. The molecule has 0 aliphatic heterocycles. The highest BCUT2D eigenvalue weighted by Crippen LogP contribution is 2.14. The number of nitrogens with one attached hydrogen (secondary N) is 3. The first-order valence-corrected chi connectivity index (χ1v) is 8.52. The van der Waals surface area contributed by atoms with Crippen LogP contribution in [0.2, 0.25) is 5.02 Å². The zero-order chi connectivity index (χ0) is 17.9. The standard InChI is InChI=1S/C18H22ClN5O.HI/c1-2-21-18(22-11-9-14-6-3-4-8-16(14)19)23-13-17(25)24-15-7-5-10-20-12-15;/h3-8,10,12H,2,9,11,13H2,1H3,(H,24,25)(H2,21,22,23);1H. The summed E-state index contributed by atoms with van der Waals surface area (Å²) in [6, 6.07) is 11.3. The number of amides is 1. The average Bonchev–Trinajstić information content (AvgIpc) is 2.62. The van der Waals surface area contributed by atoms with Crippen LogP contribution in [0.15, 0.2) is 53.8 Å². The fourth-order valence-electron chi connectivity index (χ4n) is 2.15. The van der Waals surface area contributed by atoms with Crippen LogP contribution in [-0.4, -0.2) is 36.5 Å². The molecule has 140 valence electrons. The second-order valence-corrected chi connectivity index (χ2v) is 5.66. The predicted molar refractivity (Wildman–Crippen MR) is 117 cm³/mol. The van der Waals surface area contributed by atoms with Gasteiger partial charge in [-0.2, -0.15) is 0 Å². The number of rotatable bonds is 7. The summed E-state index contributed by atoms with van der Waals surface area (Å²) in [5.41, 5.74) is 1.72. The first-order valence-electron chi connectivity index (χ1n) is 8.14. The molecule has 8 heteroatoms. The van der Waals surface area contributed by atoms with E-state index in [0.717, 1.165) is 17.0 Å². The molecule has 6 nitrogen and oxygen atoms in total. The van der Waals surface area contributed by atoms with Gasteiger partial charge in [-0.15, -0.1) is 24.0 Å². The zero-order valence-electron chi connectivity index (χ0n) is 14.5. The highest BCUT2D eigenvalue weighted by molar-refractivity contribution is 14.0. The van der Waals surface area contributed by atoms with Gasteiger partial charge < -0.3 is 16.0 Å². The molecule has 3 N–H and O–H groups in total. The largest absolute Gasteiger partial charge is 0.357 e. The molecule has 0 saturated carbocycles. The summed E-state index contributed by atoms with van der Waals surface area (Å²) in [4.78, 5) is 20.2. The first-order chi connectivity index (χ1) is 12.2. The molecule has 1 aromatic carbocycles. The molecule has 0 fully saturated rings. The van der Waals surface area contributed by atoms with E-state index in [0.29, 0.717) is 24.7 Å². The van der Waals surface area contributed by atoms with E-state index >= 15 is 0 Å². The smallest absolute Gasteiger partial charge is 0.246 e. The monoisotopic (exact) mass is 487 g/mol. The van der Waals surface area contributed by atoms with Crippen LogP contribution in [0, 0.1) is 0 Å². The molecule has 0 unspecified atom stereocenters. The number of anilines is 1. The van der Waals surface area contributed by atoms with Crippen molar-refractivity contribution in [1.82, 2.24) is 15.6 Å². The van der Waals surface area contributed by atoms with Crippen LogP contribution < -0.4 is 16.0 Å². The van der Waals surface area contributed by atoms with E-state index in [1.54, 1.807) is 24.5 Å². The van der Waals surface area contributed by atoms with Crippen molar-refractivity contribution in [3.05, 3.63) is 59.4 Å². The number of hydrogen-bond acceptors (Lipinski definition) is 3. The molecule has 2 rings (SSSR count). The maximum Gasteiger partial charge on any atom is 0.246 e. The van der Waals surface area contributed by atoms with Crippen molar-refractivity contribution in [2.45, 2.75) is 13.3 Å². The lowest BCUT2D eigenvalue weighted by Crippen LogP contribution is -2.39. The van der Waals surface area contributed by atoms with Gasteiger partial charge in [0, 0.05) is 24.3 Å². The minimum atomic E-state index is -0.198. The number of carbonyl (C=O) groups excluding carboxylic acids is 1. The highest BCUT2D eigenvalue weighted by atomic mass is 127. The van der Waals surface area contributed by atoms with Crippen LogP contribution in [0.1, 0.15) is 12.5 Å². The molecule has 1 heterocycles. The topological polar surface area (TPSA) is 78.4 Å². The van der Waals surface area contributed by atoms with Crippen molar-refractivity contribution < 1.29 is 4.79 Å². The number of benzene rings is 1. The maximum atomic E-state index is 11.9. The van der Waals surface area contributed by atoms with Gasteiger partial charge in [0.2, 0.25) is 5.91 Å².